The van der Waals surface area contributed by atoms with Crippen molar-refractivity contribution in [1.29, 1.82) is 0 Å². The Labute approximate surface area is 112 Å². The topological polar surface area (TPSA) is 72.6 Å². The van der Waals surface area contributed by atoms with Crippen molar-refractivity contribution < 1.29 is 17.5 Å². The fourth-order valence-corrected chi connectivity index (χ4v) is 3.99. The van der Waals surface area contributed by atoms with Crippen molar-refractivity contribution in [2.75, 3.05) is 25.5 Å². The molecule has 0 amide bonds. The number of hydrogen-bond acceptors (Lipinski definition) is 4. The van der Waals surface area contributed by atoms with E-state index >= 15 is 0 Å². The maximum atomic E-state index is 13.3. The largest absolute Gasteiger partial charge is 0.396 e. The van der Waals surface area contributed by atoms with Crippen molar-refractivity contribution in [3.63, 3.8) is 0 Å². The molecule has 0 aromatic heterocycles. The van der Waals surface area contributed by atoms with Crippen molar-refractivity contribution in [3.8, 4) is 0 Å². The van der Waals surface area contributed by atoms with E-state index in [1.54, 1.807) is 13.8 Å². The van der Waals surface area contributed by atoms with Gasteiger partial charge in [-0.15, -0.1) is 0 Å². The third-order valence-electron chi connectivity index (χ3n) is 3.19. The van der Waals surface area contributed by atoms with Crippen molar-refractivity contribution in [3.05, 3.63) is 23.5 Å². The van der Waals surface area contributed by atoms with E-state index in [9.17, 15) is 12.8 Å². The molecule has 1 atom stereocenters. The van der Waals surface area contributed by atoms with Gasteiger partial charge in [-0.2, -0.15) is 4.31 Å². The minimum absolute atomic E-state index is 0.0557. The van der Waals surface area contributed by atoms with Crippen molar-refractivity contribution in [2.45, 2.75) is 24.8 Å². The number of halogens is 1. The maximum absolute atomic E-state index is 13.3. The fraction of sp³-hybridized carbons (Fsp3) is 0.500. The van der Waals surface area contributed by atoms with Crippen LogP contribution in [0.2, 0.25) is 0 Å². The van der Waals surface area contributed by atoms with Gasteiger partial charge in [0.15, 0.2) is 0 Å². The average Bonchev–Trinajstić information content (AvgIpc) is 2.34. The van der Waals surface area contributed by atoms with Crippen LogP contribution in [0.15, 0.2) is 17.0 Å². The minimum atomic E-state index is -3.67. The molecule has 1 aliphatic rings. The number of aryl methyl sites for hydroxylation is 1. The first-order chi connectivity index (χ1) is 8.84. The van der Waals surface area contributed by atoms with E-state index in [4.69, 9.17) is 10.5 Å². The zero-order chi connectivity index (χ0) is 14.2. The lowest BCUT2D eigenvalue weighted by Gasteiger charge is -2.32. The highest BCUT2D eigenvalue weighted by Crippen LogP contribution is 2.26. The first kappa shape index (κ1) is 14.2. The molecule has 1 unspecified atom stereocenters. The Morgan fingerprint density at radius 2 is 2.16 bits per heavy atom. The summed E-state index contributed by atoms with van der Waals surface area (Å²) in [7, 11) is -3.67. The molecule has 1 aromatic carbocycles. The predicted octanol–water partition coefficient (Wildman–Crippen LogP) is 1.13. The summed E-state index contributed by atoms with van der Waals surface area (Å²) >= 11 is 0. The van der Waals surface area contributed by atoms with Crippen LogP contribution >= 0.6 is 0 Å². The van der Waals surface area contributed by atoms with Crippen molar-refractivity contribution in [2.24, 2.45) is 0 Å². The summed E-state index contributed by atoms with van der Waals surface area (Å²) in [6, 6.07) is 2.08. The van der Waals surface area contributed by atoms with Gasteiger partial charge in [0.2, 0.25) is 10.0 Å². The summed E-state index contributed by atoms with van der Waals surface area (Å²) in [6.45, 7) is 4.34. The van der Waals surface area contributed by atoms with E-state index in [0.29, 0.717) is 25.3 Å². The van der Waals surface area contributed by atoms with E-state index in [2.05, 4.69) is 0 Å². The number of morpholine rings is 1. The Balaban J connectivity index is 2.47. The standard InChI is InChI=1S/C12H17FN2O3S/c1-8-5-10(13)11(14)6-12(8)19(16,17)15-3-4-18-7-9(15)2/h5-6,9H,3-4,7,14H2,1-2H3. The second kappa shape index (κ2) is 5.07. The van der Waals surface area contributed by atoms with Gasteiger partial charge >= 0.3 is 0 Å². The zero-order valence-corrected chi connectivity index (χ0v) is 11.7. The Morgan fingerprint density at radius 3 is 2.79 bits per heavy atom. The quantitative estimate of drug-likeness (QED) is 0.828. The molecule has 2 rings (SSSR count). The van der Waals surface area contributed by atoms with Crippen LogP contribution in [-0.2, 0) is 14.8 Å². The Hall–Kier alpha value is -1.18. The summed E-state index contributed by atoms with van der Waals surface area (Å²) < 4.78 is 45.1. The van der Waals surface area contributed by atoms with Gasteiger partial charge in [-0.05, 0) is 31.5 Å². The lowest BCUT2D eigenvalue weighted by molar-refractivity contribution is 0.0392. The molecular formula is C12H17FN2O3S. The number of rotatable bonds is 2. The first-order valence-corrected chi connectivity index (χ1v) is 7.43. The summed E-state index contributed by atoms with van der Waals surface area (Å²) in [5.41, 5.74) is 5.66. The molecule has 5 nitrogen and oxygen atoms in total. The van der Waals surface area contributed by atoms with E-state index in [1.807, 2.05) is 0 Å². The molecule has 1 fully saturated rings. The SMILES string of the molecule is Cc1cc(F)c(N)cc1S(=O)(=O)N1CCOCC1C. The Morgan fingerprint density at radius 1 is 1.47 bits per heavy atom. The van der Waals surface area contributed by atoms with Crippen LogP contribution in [0, 0.1) is 12.7 Å². The van der Waals surface area contributed by atoms with Crippen LogP contribution in [0.4, 0.5) is 10.1 Å². The van der Waals surface area contributed by atoms with Gasteiger partial charge in [-0.1, -0.05) is 0 Å². The van der Waals surface area contributed by atoms with Gasteiger partial charge in [-0.3, -0.25) is 0 Å². The van der Waals surface area contributed by atoms with Crippen molar-refractivity contribution in [1.82, 2.24) is 4.31 Å². The number of ether oxygens (including phenoxy) is 1. The highest BCUT2D eigenvalue weighted by atomic mass is 32.2. The smallest absolute Gasteiger partial charge is 0.243 e. The summed E-state index contributed by atoms with van der Waals surface area (Å²) in [4.78, 5) is 0.0557. The van der Waals surface area contributed by atoms with Crippen LogP contribution in [0.3, 0.4) is 0 Å². The molecule has 0 spiro atoms. The average molecular weight is 288 g/mol. The van der Waals surface area contributed by atoms with Crippen LogP contribution in [-0.4, -0.2) is 38.5 Å². The third-order valence-corrected chi connectivity index (χ3v) is 5.34. The number of nitrogen functional groups attached to an aromatic ring is 1. The van der Waals surface area contributed by atoms with Gasteiger partial charge in [0.25, 0.3) is 0 Å². The Bertz CT molecular complexity index is 589. The normalized spacial score (nSPS) is 21.5. The van der Waals surface area contributed by atoms with Gasteiger partial charge in [0.1, 0.15) is 5.82 Å². The molecule has 7 heteroatoms. The molecule has 1 heterocycles. The van der Waals surface area contributed by atoms with Crippen molar-refractivity contribution >= 4 is 15.7 Å². The van der Waals surface area contributed by atoms with Crippen LogP contribution in [0.25, 0.3) is 0 Å². The number of anilines is 1. The Kier molecular flexibility index (Phi) is 3.80. The van der Waals surface area contributed by atoms with Gasteiger partial charge in [0.05, 0.1) is 23.8 Å². The molecule has 0 saturated carbocycles. The second-order valence-corrected chi connectivity index (χ2v) is 6.54. The molecule has 106 valence electrons. The zero-order valence-electron chi connectivity index (χ0n) is 10.9. The molecule has 19 heavy (non-hydrogen) atoms. The van der Waals surface area contributed by atoms with Gasteiger partial charge in [0, 0.05) is 12.6 Å². The molecule has 1 aromatic rings. The monoisotopic (exact) mass is 288 g/mol. The molecule has 0 aliphatic carbocycles. The van der Waals surface area contributed by atoms with Gasteiger partial charge in [-0.25, -0.2) is 12.8 Å². The number of nitrogens with zero attached hydrogens (tertiary/aromatic N) is 1. The maximum Gasteiger partial charge on any atom is 0.243 e. The van der Waals surface area contributed by atoms with E-state index < -0.39 is 15.8 Å². The molecule has 2 N–H and O–H groups in total. The molecule has 1 aliphatic heterocycles. The third kappa shape index (κ3) is 2.58. The highest BCUT2D eigenvalue weighted by Gasteiger charge is 2.32. The number of sulfonamides is 1. The predicted molar refractivity (Wildman–Crippen MR) is 69.7 cm³/mol. The number of hydrogen-bond donors (Lipinski definition) is 1. The molecule has 0 bridgehead atoms. The summed E-state index contributed by atoms with van der Waals surface area (Å²) in [5, 5.41) is 0. The van der Waals surface area contributed by atoms with Crippen LogP contribution in [0.1, 0.15) is 12.5 Å². The van der Waals surface area contributed by atoms with E-state index in [1.165, 1.54) is 10.4 Å². The minimum Gasteiger partial charge on any atom is -0.396 e. The van der Waals surface area contributed by atoms with E-state index in [-0.39, 0.29) is 16.6 Å². The lowest BCUT2D eigenvalue weighted by atomic mass is 10.2. The van der Waals surface area contributed by atoms with Crippen LogP contribution < -0.4 is 5.73 Å². The highest BCUT2D eigenvalue weighted by molar-refractivity contribution is 7.89. The molecule has 1 saturated heterocycles. The first-order valence-electron chi connectivity index (χ1n) is 5.99. The number of nitrogens with two attached hydrogens (primary N) is 1. The molecular weight excluding hydrogens is 271 g/mol. The summed E-state index contributed by atoms with van der Waals surface area (Å²) in [5.74, 6) is -0.605. The van der Waals surface area contributed by atoms with E-state index in [0.717, 1.165) is 6.07 Å². The van der Waals surface area contributed by atoms with Gasteiger partial charge < -0.3 is 10.5 Å². The molecule has 0 radical (unpaired) electrons. The van der Waals surface area contributed by atoms with Crippen LogP contribution in [0.5, 0.6) is 0 Å². The fourth-order valence-electron chi connectivity index (χ4n) is 2.14. The lowest BCUT2D eigenvalue weighted by Crippen LogP contribution is -2.47. The number of benzene rings is 1. The summed E-state index contributed by atoms with van der Waals surface area (Å²) in [6.07, 6.45) is 0. The second-order valence-electron chi connectivity index (χ2n) is 4.68.